The van der Waals surface area contributed by atoms with E-state index < -0.39 is 0 Å². The largest absolute Gasteiger partial charge is 0.367 e. The molecule has 2 heterocycles. The molecule has 2 atom stereocenters. The third-order valence-corrected chi connectivity index (χ3v) is 4.27. The molecule has 17 heavy (non-hydrogen) atoms. The van der Waals surface area contributed by atoms with Gasteiger partial charge < -0.3 is 10.1 Å². The molecule has 0 aromatic heterocycles. The molecule has 2 aliphatic rings. The van der Waals surface area contributed by atoms with Gasteiger partial charge in [-0.05, 0) is 30.0 Å². The zero-order valence-corrected chi connectivity index (χ0v) is 10.9. The minimum atomic E-state index is -0.0856. The molecule has 1 aromatic rings. The minimum absolute atomic E-state index is 0.0856. The summed E-state index contributed by atoms with van der Waals surface area (Å²) in [5.41, 5.74) is 2.45. The highest BCUT2D eigenvalue weighted by Gasteiger charge is 2.47. The minimum Gasteiger partial charge on any atom is -0.367 e. The van der Waals surface area contributed by atoms with Gasteiger partial charge in [0.25, 0.3) is 0 Å². The van der Waals surface area contributed by atoms with Gasteiger partial charge in [0.1, 0.15) is 5.60 Å². The van der Waals surface area contributed by atoms with Crippen molar-refractivity contribution in [1.29, 1.82) is 0 Å². The van der Waals surface area contributed by atoms with Gasteiger partial charge in [-0.15, -0.1) is 0 Å². The first-order valence-electron chi connectivity index (χ1n) is 6.40. The Labute approximate surface area is 107 Å². The van der Waals surface area contributed by atoms with Crippen molar-refractivity contribution in [1.82, 2.24) is 5.32 Å². The molecule has 2 saturated heterocycles. The Morgan fingerprint density at radius 2 is 2.41 bits per heavy atom. The average Bonchev–Trinajstić information content (AvgIpc) is 2.93. The van der Waals surface area contributed by atoms with Crippen molar-refractivity contribution in [3.8, 4) is 0 Å². The Morgan fingerprint density at radius 3 is 3.00 bits per heavy atom. The molecule has 2 nitrogen and oxygen atoms in total. The van der Waals surface area contributed by atoms with Gasteiger partial charge in [-0.2, -0.15) is 0 Å². The third-order valence-electron chi connectivity index (χ3n) is 3.90. The van der Waals surface area contributed by atoms with E-state index >= 15 is 0 Å². The highest BCUT2D eigenvalue weighted by molar-refractivity contribution is 6.31. The normalized spacial score (nSPS) is 31.1. The SMILES string of the molecule is CCCc1cc(C23CNC(CO2)C3)ccc1Cl. The molecule has 92 valence electrons. The van der Waals surface area contributed by atoms with Crippen molar-refractivity contribution in [2.24, 2.45) is 0 Å². The second-order valence-corrected chi connectivity index (χ2v) is 5.55. The fourth-order valence-electron chi connectivity index (χ4n) is 2.96. The summed E-state index contributed by atoms with van der Waals surface area (Å²) in [6, 6.07) is 6.92. The van der Waals surface area contributed by atoms with Crippen molar-refractivity contribution in [3.63, 3.8) is 0 Å². The number of fused-ring (bicyclic) bond motifs is 2. The Bertz CT molecular complexity index is 424. The molecule has 1 N–H and O–H groups in total. The van der Waals surface area contributed by atoms with Crippen LogP contribution in [0.2, 0.25) is 5.02 Å². The Hall–Kier alpha value is -0.570. The standard InChI is InChI=1S/C14H18ClNO/c1-2-3-10-6-11(4-5-13(10)15)14-7-12(8-17-14)16-9-14/h4-6,12,16H,2-3,7-9H2,1H3. The molecule has 0 aliphatic carbocycles. The maximum absolute atomic E-state index is 6.22. The first-order chi connectivity index (χ1) is 8.23. The van der Waals surface area contributed by atoms with Gasteiger partial charge in [0.15, 0.2) is 0 Å². The number of nitrogens with one attached hydrogen (secondary N) is 1. The maximum atomic E-state index is 6.22. The first kappa shape index (κ1) is 11.5. The molecule has 0 spiro atoms. The van der Waals surface area contributed by atoms with Crippen LogP contribution in [0.15, 0.2) is 18.2 Å². The van der Waals surface area contributed by atoms with E-state index in [-0.39, 0.29) is 5.60 Å². The summed E-state index contributed by atoms with van der Waals surface area (Å²) in [5.74, 6) is 0. The van der Waals surface area contributed by atoms with E-state index in [9.17, 15) is 0 Å². The molecule has 2 unspecified atom stereocenters. The van der Waals surface area contributed by atoms with Crippen LogP contribution in [-0.2, 0) is 16.8 Å². The molecule has 2 bridgehead atoms. The van der Waals surface area contributed by atoms with Crippen LogP contribution >= 0.6 is 11.6 Å². The predicted molar refractivity (Wildman–Crippen MR) is 69.5 cm³/mol. The quantitative estimate of drug-likeness (QED) is 0.892. The van der Waals surface area contributed by atoms with E-state index in [1.165, 1.54) is 11.1 Å². The first-order valence-corrected chi connectivity index (χ1v) is 6.77. The smallest absolute Gasteiger partial charge is 0.107 e. The second kappa shape index (κ2) is 4.27. The van der Waals surface area contributed by atoms with Crippen LogP contribution in [0, 0.1) is 0 Å². The highest BCUT2D eigenvalue weighted by Crippen LogP contribution is 2.41. The topological polar surface area (TPSA) is 21.3 Å². The molecular formula is C14H18ClNO. The van der Waals surface area contributed by atoms with E-state index in [1.807, 2.05) is 6.07 Å². The lowest BCUT2D eigenvalue weighted by molar-refractivity contribution is -0.00963. The molecule has 0 amide bonds. The zero-order valence-electron chi connectivity index (χ0n) is 10.1. The lowest BCUT2D eigenvalue weighted by atomic mass is 9.91. The van der Waals surface area contributed by atoms with Crippen LogP contribution in [0.5, 0.6) is 0 Å². The van der Waals surface area contributed by atoms with E-state index in [2.05, 4.69) is 24.4 Å². The Balaban J connectivity index is 1.95. The molecule has 1 aromatic carbocycles. The van der Waals surface area contributed by atoms with Gasteiger partial charge >= 0.3 is 0 Å². The average molecular weight is 252 g/mol. The van der Waals surface area contributed by atoms with Gasteiger partial charge in [0, 0.05) is 17.6 Å². The van der Waals surface area contributed by atoms with Gasteiger partial charge in [0.05, 0.1) is 6.61 Å². The van der Waals surface area contributed by atoms with Gasteiger partial charge in [-0.25, -0.2) is 0 Å². The highest BCUT2D eigenvalue weighted by atomic mass is 35.5. The van der Waals surface area contributed by atoms with Crippen LogP contribution in [-0.4, -0.2) is 19.2 Å². The monoisotopic (exact) mass is 251 g/mol. The van der Waals surface area contributed by atoms with Crippen molar-refractivity contribution in [3.05, 3.63) is 34.3 Å². The van der Waals surface area contributed by atoms with Crippen LogP contribution in [0.3, 0.4) is 0 Å². The summed E-state index contributed by atoms with van der Waals surface area (Å²) >= 11 is 6.22. The molecule has 3 rings (SSSR count). The van der Waals surface area contributed by atoms with E-state index in [1.54, 1.807) is 0 Å². The number of aryl methyl sites for hydroxylation is 1. The van der Waals surface area contributed by atoms with E-state index in [4.69, 9.17) is 16.3 Å². The Kier molecular flexibility index (Phi) is 2.89. The molecular weight excluding hydrogens is 234 g/mol. The van der Waals surface area contributed by atoms with E-state index in [0.717, 1.165) is 37.4 Å². The third kappa shape index (κ3) is 1.88. The summed E-state index contributed by atoms with van der Waals surface area (Å²) in [4.78, 5) is 0. The van der Waals surface area contributed by atoms with E-state index in [0.29, 0.717) is 6.04 Å². The summed E-state index contributed by atoms with van der Waals surface area (Å²) in [6.07, 6.45) is 3.26. The summed E-state index contributed by atoms with van der Waals surface area (Å²) in [6.45, 7) is 3.96. The molecule has 0 radical (unpaired) electrons. The predicted octanol–water partition coefficient (Wildman–Crippen LogP) is 2.88. The number of morpholine rings is 1. The van der Waals surface area contributed by atoms with Crippen LogP contribution < -0.4 is 5.32 Å². The summed E-state index contributed by atoms with van der Waals surface area (Å²) in [7, 11) is 0. The fraction of sp³-hybridized carbons (Fsp3) is 0.571. The number of halogens is 1. The lowest BCUT2D eigenvalue weighted by Gasteiger charge is -2.27. The lowest BCUT2D eigenvalue weighted by Crippen LogP contribution is -2.37. The molecule has 2 fully saturated rings. The van der Waals surface area contributed by atoms with Gasteiger partial charge in [0.2, 0.25) is 0 Å². The number of hydrogen-bond donors (Lipinski definition) is 1. The van der Waals surface area contributed by atoms with Crippen molar-refractivity contribution >= 4 is 11.6 Å². The van der Waals surface area contributed by atoms with Crippen molar-refractivity contribution < 1.29 is 4.74 Å². The zero-order chi connectivity index (χ0) is 11.9. The molecule has 2 aliphatic heterocycles. The number of benzene rings is 1. The fourth-order valence-corrected chi connectivity index (χ4v) is 3.17. The molecule has 0 saturated carbocycles. The Morgan fingerprint density at radius 1 is 1.53 bits per heavy atom. The molecule has 3 heteroatoms. The summed E-state index contributed by atoms with van der Waals surface area (Å²) in [5, 5.41) is 4.39. The number of hydrogen-bond acceptors (Lipinski definition) is 2. The van der Waals surface area contributed by atoms with Gasteiger partial charge in [-0.3, -0.25) is 0 Å². The van der Waals surface area contributed by atoms with Crippen LogP contribution in [0.25, 0.3) is 0 Å². The second-order valence-electron chi connectivity index (χ2n) is 5.14. The van der Waals surface area contributed by atoms with Crippen LogP contribution in [0.4, 0.5) is 0 Å². The van der Waals surface area contributed by atoms with Crippen LogP contribution in [0.1, 0.15) is 30.9 Å². The van der Waals surface area contributed by atoms with Gasteiger partial charge in [-0.1, -0.05) is 37.1 Å². The summed E-state index contributed by atoms with van der Waals surface area (Å²) < 4.78 is 5.99. The maximum Gasteiger partial charge on any atom is 0.107 e. The number of rotatable bonds is 3. The number of ether oxygens (including phenoxy) is 1. The van der Waals surface area contributed by atoms with Crippen molar-refractivity contribution in [2.75, 3.05) is 13.2 Å². The van der Waals surface area contributed by atoms with Crippen molar-refractivity contribution in [2.45, 2.75) is 37.8 Å².